The molecule has 0 spiro atoms. The average molecular weight is 788 g/mol. The van der Waals surface area contributed by atoms with Crippen LogP contribution in [0.25, 0.3) is 10.8 Å². The number of nitrogens with one attached hydrogen (secondary N) is 3. The van der Waals surface area contributed by atoms with Crippen LogP contribution in [-0.4, -0.2) is 90.3 Å². The predicted octanol–water partition coefficient (Wildman–Crippen LogP) is 4.63. The van der Waals surface area contributed by atoms with Gasteiger partial charge in [0.25, 0.3) is 5.91 Å². The van der Waals surface area contributed by atoms with E-state index in [1.165, 1.54) is 18.2 Å². The molecule has 1 aromatic heterocycles. The number of carbonyl (C=O) groups excluding carboxylic acids is 4. The lowest BCUT2D eigenvalue weighted by molar-refractivity contribution is -0.142. The number of alkyl carbamates (subject to hydrolysis) is 1. The van der Waals surface area contributed by atoms with Gasteiger partial charge in [0.05, 0.1) is 30.1 Å². The van der Waals surface area contributed by atoms with Gasteiger partial charge >= 0.3 is 6.09 Å². The monoisotopic (exact) mass is 787 g/mol. The first-order chi connectivity index (χ1) is 25.4. The average Bonchev–Trinajstić information content (AvgIpc) is 4.01. The van der Waals surface area contributed by atoms with Crippen LogP contribution in [0.5, 0.6) is 11.6 Å². The van der Waals surface area contributed by atoms with Crippen molar-refractivity contribution in [1.29, 1.82) is 0 Å². The number of allylic oxidation sites excluding steroid dienone is 1. The minimum Gasteiger partial charge on any atom is -0.494 e. The van der Waals surface area contributed by atoms with E-state index in [1.807, 2.05) is 19.1 Å². The molecule has 294 valence electrons. The summed E-state index contributed by atoms with van der Waals surface area (Å²) in [5.41, 5.74) is -2.36. The first-order valence-corrected chi connectivity index (χ1v) is 20.5. The smallest absolute Gasteiger partial charge is 0.408 e. The Morgan fingerprint density at radius 1 is 1.11 bits per heavy atom. The highest BCUT2D eigenvalue weighted by Crippen LogP contribution is 2.46. The number of halogens is 1. The zero-order valence-corrected chi connectivity index (χ0v) is 33.1. The van der Waals surface area contributed by atoms with Gasteiger partial charge in [0.1, 0.15) is 35.1 Å². The molecule has 3 N–H and O–H groups in total. The molecule has 7 atom stereocenters. The summed E-state index contributed by atoms with van der Waals surface area (Å²) in [4.78, 5) is 62.0. The first kappa shape index (κ1) is 39.6. The number of sulfonamides is 1. The molecular weight excluding hydrogens is 738 g/mol. The van der Waals surface area contributed by atoms with Gasteiger partial charge in [-0.25, -0.2) is 18.2 Å². The number of methoxy groups -OCH3 is 1. The van der Waals surface area contributed by atoms with Crippen molar-refractivity contribution in [1.82, 2.24) is 25.2 Å². The SMILES string of the molecule is COc1cnc(O[C@@H]2C[C@H]3C(=O)N[C@]4(C(=O)NS(=O)(=O)C5CC5)C[C@H]4/C=C\CC[C@@H](C)C[C@@H](C)[C@H](NC(=O)OC(C)(C)C)C(=O)N3C2)c2cccc(Cl)c12. The summed E-state index contributed by atoms with van der Waals surface area (Å²) in [6.45, 7) is 9.08. The van der Waals surface area contributed by atoms with E-state index in [4.69, 9.17) is 25.8 Å². The molecule has 6 rings (SSSR count). The van der Waals surface area contributed by atoms with Crippen molar-refractivity contribution in [2.45, 2.75) is 114 Å². The van der Waals surface area contributed by atoms with Gasteiger partial charge in [0, 0.05) is 23.1 Å². The number of fused-ring (bicyclic) bond motifs is 3. The zero-order chi connectivity index (χ0) is 39.2. The predicted molar refractivity (Wildman–Crippen MR) is 201 cm³/mol. The summed E-state index contributed by atoms with van der Waals surface area (Å²) in [5, 5.41) is 6.60. The standard InChI is InChI=1S/C38H50ClN5O9S/c1-21-10-7-8-11-23-18-38(23,35(47)43-54(49,50)25-14-15-25)42-32(45)28-17-24(52-33-26-12-9-13-27(39)30(26)29(51-6)19-40-33)20-44(28)34(46)31(22(2)16-21)41-36(48)53-37(3,4)5/h8-9,11-13,19,21-25,28,31H,7,10,14-18,20H2,1-6H3,(H,41,48)(H,42,45)(H,43,47)/b11-8-/t21-,22-,23-,24-,28+,31+,38-/m1/s1. The number of amides is 4. The Morgan fingerprint density at radius 3 is 2.54 bits per heavy atom. The number of pyridine rings is 1. The van der Waals surface area contributed by atoms with Crippen molar-refractivity contribution in [3.05, 3.63) is 41.6 Å². The normalized spacial score (nSPS) is 29.8. The Labute approximate surface area is 321 Å². The van der Waals surface area contributed by atoms with Gasteiger partial charge in [0.15, 0.2) is 0 Å². The van der Waals surface area contributed by atoms with E-state index in [0.29, 0.717) is 47.2 Å². The number of nitrogens with zero attached hydrogens (tertiary/aromatic N) is 2. The van der Waals surface area contributed by atoms with Gasteiger partial charge in [-0.2, -0.15) is 0 Å². The molecule has 14 nitrogen and oxygen atoms in total. The molecule has 1 saturated heterocycles. The lowest BCUT2D eigenvalue weighted by atomic mass is 9.88. The Hall–Kier alpha value is -4.11. The van der Waals surface area contributed by atoms with E-state index in [0.717, 1.165) is 6.42 Å². The maximum absolute atomic E-state index is 14.7. The summed E-state index contributed by atoms with van der Waals surface area (Å²) in [6, 6.07) is 3.03. The van der Waals surface area contributed by atoms with Crippen LogP contribution < -0.4 is 24.8 Å². The lowest BCUT2D eigenvalue weighted by Gasteiger charge is -2.33. The highest BCUT2D eigenvalue weighted by atomic mass is 35.5. The minimum absolute atomic E-state index is 0.00978. The van der Waals surface area contributed by atoms with Gasteiger partial charge in [-0.1, -0.05) is 43.7 Å². The Balaban J connectivity index is 1.36. The Bertz CT molecular complexity index is 1950. The van der Waals surface area contributed by atoms with E-state index < -0.39 is 74.3 Å². The van der Waals surface area contributed by atoms with Crippen molar-refractivity contribution < 1.29 is 41.8 Å². The van der Waals surface area contributed by atoms with Gasteiger partial charge in [-0.3, -0.25) is 19.1 Å². The quantitative estimate of drug-likeness (QED) is 0.335. The van der Waals surface area contributed by atoms with Crippen molar-refractivity contribution in [3.8, 4) is 11.6 Å². The molecule has 4 aliphatic rings. The number of ether oxygens (including phenoxy) is 3. The van der Waals surface area contributed by atoms with Gasteiger partial charge < -0.3 is 29.7 Å². The Morgan fingerprint density at radius 2 is 1.85 bits per heavy atom. The minimum atomic E-state index is -3.91. The van der Waals surface area contributed by atoms with Gasteiger partial charge in [-0.05, 0) is 83.3 Å². The third kappa shape index (κ3) is 8.56. The molecule has 3 fully saturated rings. The lowest BCUT2D eigenvalue weighted by Crippen LogP contribution is -2.59. The maximum atomic E-state index is 14.7. The van der Waals surface area contributed by atoms with E-state index in [2.05, 4.69) is 27.3 Å². The number of carbonyl (C=O) groups is 4. The number of benzene rings is 1. The fourth-order valence-corrected chi connectivity index (χ4v) is 9.17. The second-order valence-corrected chi connectivity index (χ2v) is 18.5. The van der Waals surface area contributed by atoms with Crippen LogP contribution in [0.1, 0.15) is 79.6 Å². The summed E-state index contributed by atoms with van der Waals surface area (Å²) in [6.07, 6.45) is 6.92. The summed E-state index contributed by atoms with van der Waals surface area (Å²) < 4.78 is 45.4. The van der Waals surface area contributed by atoms with Gasteiger partial charge in [-0.15, -0.1) is 0 Å². The van der Waals surface area contributed by atoms with Crippen LogP contribution in [0.4, 0.5) is 4.79 Å². The highest BCUT2D eigenvalue weighted by Gasteiger charge is 2.62. The van der Waals surface area contributed by atoms with Gasteiger partial charge in [0.2, 0.25) is 27.7 Å². The molecule has 1 aromatic carbocycles. The molecule has 16 heteroatoms. The molecule has 0 unspecified atom stereocenters. The first-order valence-electron chi connectivity index (χ1n) is 18.5. The molecule has 3 heterocycles. The third-order valence-corrected chi connectivity index (χ3v) is 12.7. The number of aromatic nitrogens is 1. The molecule has 4 amide bonds. The maximum Gasteiger partial charge on any atom is 0.408 e. The van der Waals surface area contributed by atoms with Crippen molar-refractivity contribution in [2.24, 2.45) is 17.8 Å². The Kier molecular flexibility index (Phi) is 11.1. The van der Waals surface area contributed by atoms with Crippen LogP contribution in [-0.2, 0) is 29.1 Å². The van der Waals surface area contributed by atoms with E-state index in [-0.39, 0.29) is 37.1 Å². The molecule has 54 heavy (non-hydrogen) atoms. The van der Waals surface area contributed by atoms with Crippen molar-refractivity contribution >= 4 is 56.2 Å². The fourth-order valence-electron chi connectivity index (χ4n) is 7.54. The number of hydrogen-bond donors (Lipinski definition) is 3. The van der Waals surface area contributed by atoms with Crippen LogP contribution >= 0.6 is 11.6 Å². The molecule has 2 aromatic rings. The fraction of sp³-hybridized carbons (Fsp3) is 0.605. The molecule has 2 aliphatic heterocycles. The van der Waals surface area contributed by atoms with Crippen LogP contribution in [0.3, 0.4) is 0 Å². The highest BCUT2D eigenvalue weighted by molar-refractivity contribution is 7.91. The largest absolute Gasteiger partial charge is 0.494 e. The van der Waals surface area contributed by atoms with E-state index >= 15 is 0 Å². The second-order valence-electron chi connectivity index (χ2n) is 16.2. The molecular formula is C38H50ClN5O9S. The van der Waals surface area contributed by atoms with Crippen LogP contribution in [0.15, 0.2) is 36.5 Å². The molecule has 0 radical (unpaired) electrons. The van der Waals surface area contributed by atoms with Crippen LogP contribution in [0.2, 0.25) is 5.02 Å². The topological polar surface area (TPSA) is 182 Å². The molecule has 2 saturated carbocycles. The van der Waals surface area contributed by atoms with E-state index in [1.54, 1.807) is 39.0 Å². The second kappa shape index (κ2) is 15.2. The number of hydrogen-bond acceptors (Lipinski definition) is 10. The van der Waals surface area contributed by atoms with Crippen molar-refractivity contribution in [2.75, 3.05) is 13.7 Å². The number of rotatable bonds is 7. The summed E-state index contributed by atoms with van der Waals surface area (Å²) in [5.74, 6) is -1.97. The van der Waals surface area contributed by atoms with Crippen LogP contribution in [0, 0.1) is 17.8 Å². The zero-order valence-electron chi connectivity index (χ0n) is 31.5. The van der Waals surface area contributed by atoms with E-state index in [9.17, 15) is 27.6 Å². The molecule has 0 bridgehead atoms. The molecule has 2 aliphatic carbocycles. The summed E-state index contributed by atoms with van der Waals surface area (Å²) in [7, 11) is -2.40. The summed E-state index contributed by atoms with van der Waals surface area (Å²) >= 11 is 6.54. The van der Waals surface area contributed by atoms with Crippen molar-refractivity contribution in [3.63, 3.8) is 0 Å². The third-order valence-electron chi connectivity index (χ3n) is 10.6.